The van der Waals surface area contributed by atoms with Crippen molar-refractivity contribution in [1.82, 2.24) is 10.2 Å². The summed E-state index contributed by atoms with van der Waals surface area (Å²) >= 11 is 0. The number of carbonyl (C=O) groups excluding carboxylic acids is 2. The maximum atomic E-state index is 11.9. The maximum Gasteiger partial charge on any atom is 0.324 e. The quantitative estimate of drug-likeness (QED) is 0.815. The SMILES string of the molecule is CC1CN(C(C)C2CC3CCC2C3)C(=O)NC1=O. The number of hydrogen-bond acceptors (Lipinski definition) is 2. The number of nitrogens with zero attached hydrogens (tertiary/aromatic N) is 1. The second-order valence-electron chi connectivity index (χ2n) is 6.43. The van der Waals surface area contributed by atoms with Crippen LogP contribution in [0, 0.1) is 23.7 Å². The summed E-state index contributed by atoms with van der Waals surface area (Å²) in [4.78, 5) is 25.3. The monoisotopic (exact) mass is 250 g/mol. The van der Waals surface area contributed by atoms with Gasteiger partial charge in [0, 0.05) is 12.6 Å². The van der Waals surface area contributed by atoms with Crippen LogP contribution in [0.2, 0.25) is 0 Å². The first-order valence-electron chi connectivity index (χ1n) is 7.17. The summed E-state index contributed by atoms with van der Waals surface area (Å²) in [6.45, 7) is 4.63. The van der Waals surface area contributed by atoms with Crippen LogP contribution in [0.4, 0.5) is 4.79 Å². The van der Waals surface area contributed by atoms with Gasteiger partial charge in [0.05, 0.1) is 5.92 Å². The molecule has 2 aliphatic carbocycles. The van der Waals surface area contributed by atoms with Crippen LogP contribution < -0.4 is 5.32 Å². The number of nitrogens with one attached hydrogen (secondary N) is 1. The molecule has 0 spiro atoms. The fourth-order valence-corrected chi connectivity index (χ4v) is 4.23. The lowest BCUT2D eigenvalue weighted by Crippen LogP contribution is -2.58. The van der Waals surface area contributed by atoms with E-state index in [0.29, 0.717) is 12.5 Å². The van der Waals surface area contributed by atoms with Gasteiger partial charge in [-0.25, -0.2) is 4.79 Å². The van der Waals surface area contributed by atoms with Crippen molar-refractivity contribution in [3.05, 3.63) is 0 Å². The van der Waals surface area contributed by atoms with Gasteiger partial charge in [0.1, 0.15) is 0 Å². The first-order chi connectivity index (χ1) is 8.56. The first-order valence-corrected chi connectivity index (χ1v) is 7.17. The Hall–Kier alpha value is -1.06. The van der Waals surface area contributed by atoms with Crippen LogP contribution in [0.15, 0.2) is 0 Å². The molecular weight excluding hydrogens is 228 g/mol. The minimum absolute atomic E-state index is 0.0799. The van der Waals surface area contributed by atoms with Gasteiger partial charge in [-0.2, -0.15) is 0 Å². The lowest BCUT2D eigenvalue weighted by atomic mass is 9.83. The molecule has 1 saturated heterocycles. The molecule has 4 nitrogen and oxygen atoms in total. The van der Waals surface area contributed by atoms with Crippen LogP contribution in [-0.2, 0) is 4.79 Å². The standard InChI is InChI=1S/C14H22N2O2/c1-8-7-16(14(18)15-13(8)17)9(2)12-6-10-3-4-11(12)5-10/h8-12H,3-7H2,1-2H3,(H,15,17,18). The van der Waals surface area contributed by atoms with Gasteiger partial charge in [-0.05, 0) is 43.9 Å². The van der Waals surface area contributed by atoms with Crippen LogP contribution in [0.25, 0.3) is 0 Å². The number of imide groups is 1. The number of carbonyl (C=O) groups is 2. The van der Waals surface area contributed by atoms with Crippen LogP contribution in [0.3, 0.4) is 0 Å². The predicted octanol–water partition coefficient (Wildman–Crippen LogP) is 2.00. The van der Waals surface area contributed by atoms with E-state index in [-0.39, 0.29) is 23.9 Å². The molecular formula is C14H22N2O2. The van der Waals surface area contributed by atoms with E-state index in [1.807, 2.05) is 11.8 Å². The lowest BCUT2D eigenvalue weighted by molar-refractivity contribution is -0.125. The Labute approximate surface area is 108 Å². The zero-order valence-electron chi connectivity index (χ0n) is 11.2. The molecule has 0 aromatic carbocycles. The van der Waals surface area contributed by atoms with Crippen LogP contribution in [0.1, 0.15) is 39.5 Å². The highest BCUT2D eigenvalue weighted by molar-refractivity contribution is 5.97. The molecule has 3 amide bonds. The van der Waals surface area contributed by atoms with E-state index in [1.165, 1.54) is 25.7 Å². The predicted molar refractivity (Wildman–Crippen MR) is 67.8 cm³/mol. The van der Waals surface area contributed by atoms with Gasteiger partial charge in [-0.3, -0.25) is 10.1 Å². The summed E-state index contributed by atoms with van der Waals surface area (Å²) in [5.74, 6) is 2.15. The maximum absolute atomic E-state index is 11.9. The normalized spacial score (nSPS) is 41.1. The molecule has 1 heterocycles. The van der Waals surface area contributed by atoms with E-state index >= 15 is 0 Å². The number of rotatable bonds is 2. The summed E-state index contributed by atoms with van der Waals surface area (Å²) in [5, 5.41) is 2.48. The van der Waals surface area contributed by atoms with Gasteiger partial charge in [-0.15, -0.1) is 0 Å². The topological polar surface area (TPSA) is 49.4 Å². The molecule has 1 aliphatic heterocycles. The van der Waals surface area contributed by atoms with E-state index in [0.717, 1.165) is 11.8 Å². The molecule has 100 valence electrons. The Bertz CT molecular complexity index is 382. The van der Waals surface area contributed by atoms with Crippen LogP contribution in [0.5, 0.6) is 0 Å². The minimum Gasteiger partial charge on any atom is -0.321 e. The summed E-state index contributed by atoms with van der Waals surface area (Å²) in [5.41, 5.74) is 0. The van der Waals surface area contributed by atoms with E-state index in [9.17, 15) is 9.59 Å². The van der Waals surface area contributed by atoms with Gasteiger partial charge in [0.15, 0.2) is 0 Å². The molecule has 3 aliphatic rings. The van der Waals surface area contributed by atoms with Crippen molar-refractivity contribution in [3.8, 4) is 0 Å². The fourth-order valence-electron chi connectivity index (χ4n) is 4.23. The highest BCUT2D eigenvalue weighted by Gasteiger charge is 2.45. The van der Waals surface area contributed by atoms with Crippen molar-refractivity contribution in [2.45, 2.75) is 45.6 Å². The van der Waals surface area contributed by atoms with E-state index in [1.54, 1.807) is 0 Å². The highest BCUT2D eigenvalue weighted by atomic mass is 16.2. The number of hydrogen-bond donors (Lipinski definition) is 1. The third kappa shape index (κ3) is 1.82. The van der Waals surface area contributed by atoms with Gasteiger partial charge in [-0.1, -0.05) is 13.3 Å². The third-order valence-electron chi connectivity index (χ3n) is 5.31. The molecule has 3 fully saturated rings. The van der Waals surface area contributed by atoms with Crippen molar-refractivity contribution in [2.75, 3.05) is 6.54 Å². The number of urea groups is 1. The zero-order valence-corrected chi connectivity index (χ0v) is 11.2. The van der Waals surface area contributed by atoms with Gasteiger partial charge >= 0.3 is 6.03 Å². The molecule has 18 heavy (non-hydrogen) atoms. The van der Waals surface area contributed by atoms with Crippen molar-refractivity contribution < 1.29 is 9.59 Å². The van der Waals surface area contributed by atoms with Crippen molar-refractivity contribution in [2.24, 2.45) is 23.7 Å². The average molecular weight is 250 g/mol. The van der Waals surface area contributed by atoms with Crippen LogP contribution in [-0.4, -0.2) is 29.4 Å². The van der Waals surface area contributed by atoms with Crippen molar-refractivity contribution in [1.29, 1.82) is 0 Å². The Kier molecular flexibility index (Phi) is 2.83. The summed E-state index contributed by atoms with van der Waals surface area (Å²) in [6.07, 6.45) is 5.36. The Morgan fingerprint density at radius 1 is 1.28 bits per heavy atom. The number of amides is 3. The molecule has 0 aromatic heterocycles. The molecule has 5 atom stereocenters. The molecule has 2 bridgehead atoms. The fraction of sp³-hybridized carbons (Fsp3) is 0.857. The minimum atomic E-state index is -0.187. The van der Waals surface area contributed by atoms with Gasteiger partial charge in [0.25, 0.3) is 0 Å². The van der Waals surface area contributed by atoms with Crippen LogP contribution >= 0.6 is 0 Å². The van der Waals surface area contributed by atoms with E-state index < -0.39 is 0 Å². The first kappa shape index (κ1) is 12.0. The number of fused-ring (bicyclic) bond motifs is 2. The Morgan fingerprint density at radius 2 is 2.06 bits per heavy atom. The molecule has 5 unspecified atom stereocenters. The molecule has 3 rings (SSSR count). The lowest BCUT2D eigenvalue weighted by Gasteiger charge is -2.40. The molecule has 0 aromatic rings. The van der Waals surface area contributed by atoms with Gasteiger partial charge < -0.3 is 4.90 Å². The molecule has 4 heteroatoms. The van der Waals surface area contributed by atoms with Crippen molar-refractivity contribution in [3.63, 3.8) is 0 Å². The Balaban J connectivity index is 1.70. The summed E-state index contributed by atoms with van der Waals surface area (Å²) in [7, 11) is 0. The largest absolute Gasteiger partial charge is 0.324 e. The summed E-state index contributed by atoms with van der Waals surface area (Å²) < 4.78 is 0. The second-order valence-corrected chi connectivity index (χ2v) is 6.43. The molecule has 1 N–H and O–H groups in total. The second kappa shape index (κ2) is 4.25. The van der Waals surface area contributed by atoms with E-state index in [4.69, 9.17) is 0 Å². The average Bonchev–Trinajstić information content (AvgIpc) is 2.95. The Morgan fingerprint density at radius 3 is 2.67 bits per heavy atom. The van der Waals surface area contributed by atoms with Gasteiger partial charge in [0.2, 0.25) is 5.91 Å². The highest BCUT2D eigenvalue weighted by Crippen LogP contribution is 2.50. The molecule has 2 saturated carbocycles. The molecule has 0 radical (unpaired) electrons. The third-order valence-corrected chi connectivity index (χ3v) is 5.31. The zero-order chi connectivity index (χ0) is 12.9. The smallest absolute Gasteiger partial charge is 0.321 e. The summed E-state index contributed by atoms with van der Waals surface area (Å²) in [6, 6.07) is 0.0872. The van der Waals surface area contributed by atoms with Crippen molar-refractivity contribution >= 4 is 11.9 Å². The van der Waals surface area contributed by atoms with E-state index in [2.05, 4.69) is 12.2 Å².